The maximum Gasteiger partial charge on any atom is 0.500 e. The fraction of sp³-hybridized carbons (Fsp3) is 0.941. The number of carbonyl (C=O) groups is 1. The highest BCUT2D eigenvalue weighted by molar-refractivity contribution is 7.99. The number of hydrogen-bond acceptors (Lipinski definition) is 6. The normalized spacial score (nSPS) is 11.7. The minimum absolute atomic E-state index is 0.0699. The molecule has 0 heterocycles. The highest BCUT2D eigenvalue weighted by Crippen LogP contribution is 2.20. The lowest BCUT2D eigenvalue weighted by Gasteiger charge is -2.28. The van der Waals surface area contributed by atoms with Crippen LogP contribution in [0.3, 0.4) is 0 Å². The molecule has 0 rings (SSSR count). The summed E-state index contributed by atoms with van der Waals surface area (Å²) in [5.41, 5.74) is 0. The van der Waals surface area contributed by atoms with Crippen LogP contribution in [0.5, 0.6) is 0 Å². The van der Waals surface area contributed by atoms with E-state index in [9.17, 15) is 4.79 Å². The number of hydrogen-bond donors (Lipinski definition) is 0. The molecule has 0 aliphatic carbocycles. The molecular weight excluding hydrogens is 344 g/mol. The summed E-state index contributed by atoms with van der Waals surface area (Å²) >= 11 is 1.80. The molecule has 0 saturated heterocycles. The molecule has 0 aromatic rings. The van der Waals surface area contributed by atoms with Crippen LogP contribution in [0.15, 0.2) is 0 Å². The van der Waals surface area contributed by atoms with E-state index in [0.717, 1.165) is 43.2 Å². The van der Waals surface area contributed by atoms with E-state index in [1.807, 2.05) is 20.8 Å². The maximum atomic E-state index is 11.5. The van der Waals surface area contributed by atoms with Gasteiger partial charge >= 0.3 is 14.8 Å². The van der Waals surface area contributed by atoms with Crippen molar-refractivity contribution in [1.29, 1.82) is 0 Å². The summed E-state index contributed by atoms with van der Waals surface area (Å²) in [6.45, 7) is 10.4. The molecule has 0 bridgehead atoms. The zero-order valence-corrected chi connectivity index (χ0v) is 17.8. The van der Waals surface area contributed by atoms with Gasteiger partial charge in [-0.15, -0.1) is 0 Å². The van der Waals surface area contributed by atoms with Crippen molar-refractivity contribution in [2.45, 2.75) is 65.8 Å². The van der Waals surface area contributed by atoms with Crippen LogP contribution < -0.4 is 0 Å². The van der Waals surface area contributed by atoms with Crippen molar-refractivity contribution < 1.29 is 22.8 Å². The molecule has 0 saturated carbocycles. The summed E-state index contributed by atoms with van der Waals surface area (Å²) in [5, 5.41) is 0. The predicted molar refractivity (Wildman–Crippen MR) is 102 cm³/mol. The SMILES string of the molecule is CCCCCC(=O)OCCSCCC[Si](OCC)(OCC)OCC. The lowest BCUT2D eigenvalue weighted by molar-refractivity contribution is -0.143. The third kappa shape index (κ3) is 12.3. The molecular formula is C17H36O5SSi. The van der Waals surface area contributed by atoms with Gasteiger partial charge in [-0.1, -0.05) is 19.8 Å². The number of rotatable bonds is 17. The van der Waals surface area contributed by atoms with Gasteiger partial charge in [0, 0.05) is 38.0 Å². The summed E-state index contributed by atoms with van der Waals surface area (Å²) in [6, 6.07) is 0.840. The molecule has 0 aromatic heterocycles. The van der Waals surface area contributed by atoms with Gasteiger partial charge < -0.3 is 18.0 Å². The molecule has 144 valence electrons. The summed E-state index contributed by atoms with van der Waals surface area (Å²) in [5.74, 6) is 1.76. The standard InChI is InChI=1S/C17H36O5SSi/c1-5-9-10-12-17(18)19-13-15-23-14-11-16-24(20-6-2,21-7-3)22-8-4/h5-16H2,1-4H3. The number of esters is 1. The van der Waals surface area contributed by atoms with E-state index in [0.29, 0.717) is 32.8 Å². The van der Waals surface area contributed by atoms with Gasteiger partial charge in [0.2, 0.25) is 0 Å². The van der Waals surface area contributed by atoms with Crippen LogP contribution in [0.4, 0.5) is 0 Å². The second-order valence-corrected chi connectivity index (χ2v) is 9.33. The summed E-state index contributed by atoms with van der Waals surface area (Å²) < 4.78 is 22.7. The second-order valence-electron chi connectivity index (χ2n) is 5.38. The summed E-state index contributed by atoms with van der Waals surface area (Å²) in [7, 11) is -2.50. The van der Waals surface area contributed by atoms with Gasteiger partial charge in [-0.25, -0.2) is 0 Å². The Labute approximate surface area is 153 Å². The fourth-order valence-electron chi connectivity index (χ4n) is 2.30. The first kappa shape index (κ1) is 23.9. The van der Waals surface area contributed by atoms with Gasteiger partial charge in [0.15, 0.2) is 0 Å². The van der Waals surface area contributed by atoms with Crippen LogP contribution in [-0.2, 0) is 22.8 Å². The average molecular weight is 381 g/mol. The summed E-state index contributed by atoms with van der Waals surface area (Å²) in [6.07, 6.45) is 4.68. The molecule has 0 amide bonds. The largest absolute Gasteiger partial charge is 0.500 e. The highest BCUT2D eigenvalue weighted by Gasteiger charge is 2.39. The number of carbonyl (C=O) groups excluding carboxylic acids is 1. The summed E-state index contributed by atoms with van der Waals surface area (Å²) in [4.78, 5) is 11.5. The Morgan fingerprint density at radius 2 is 1.50 bits per heavy atom. The van der Waals surface area contributed by atoms with Crippen molar-refractivity contribution in [3.8, 4) is 0 Å². The van der Waals surface area contributed by atoms with Gasteiger partial charge in [0.25, 0.3) is 0 Å². The lowest BCUT2D eigenvalue weighted by Crippen LogP contribution is -2.46. The Balaban J connectivity index is 3.79. The molecule has 0 fully saturated rings. The minimum atomic E-state index is -2.50. The van der Waals surface area contributed by atoms with E-state index >= 15 is 0 Å². The first-order chi connectivity index (χ1) is 11.6. The lowest BCUT2D eigenvalue weighted by atomic mass is 10.2. The second kappa shape index (κ2) is 16.4. The van der Waals surface area contributed by atoms with E-state index in [4.69, 9.17) is 18.0 Å². The first-order valence-electron chi connectivity index (χ1n) is 9.29. The molecule has 0 aromatic carbocycles. The van der Waals surface area contributed by atoms with E-state index in [1.54, 1.807) is 11.8 Å². The van der Waals surface area contributed by atoms with Gasteiger partial charge in [-0.05, 0) is 39.4 Å². The van der Waals surface area contributed by atoms with Crippen molar-refractivity contribution in [2.75, 3.05) is 37.9 Å². The topological polar surface area (TPSA) is 54.0 Å². The fourth-order valence-corrected chi connectivity index (χ4v) is 5.92. The van der Waals surface area contributed by atoms with Crippen LogP contribution in [0, 0.1) is 0 Å². The number of thioether (sulfide) groups is 1. The monoisotopic (exact) mass is 380 g/mol. The van der Waals surface area contributed by atoms with Crippen LogP contribution in [-0.4, -0.2) is 52.7 Å². The molecule has 0 unspecified atom stereocenters. The average Bonchev–Trinajstić information content (AvgIpc) is 2.55. The molecule has 0 atom stereocenters. The van der Waals surface area contributed by atoms with E-state index in [-0.39, 0.29) is 5.97 Å². The zero-order valence-electron chi connectivity index (χ0n) is 15.9. The Morgan fingerprint density at radius 1 is 0.875 bits per heavy atom. The Morgan fingerprint density at radius 3 is 2.04 bits per heavy atom. The Kier molecular flexibility index (Phi) is 16.3. The van der Waals surface area contributed by atoms with Gasteiger partial charge in [-0.2, -0.15) is 11.8 Å². The van der Waals surface area contributed by atoms with Crippen molar-refractivity contribution >= 4 is 26.5 Å². The molecule has 0 N–H and O–H groups in total. The minimum Gasteiger partial charge on any atom is -0.465 e. The van der Waals surface area contributed by atoms with Crippen LogP contribution in [0.1, 0.15) is 59.8 Å². The third-order valence-corrected chi connectivity index (χ3v) is 7.52. The zero-order chi connectivity index (χ0) is 18.1. The highest BCUT2D eigenvalue weighted by atomic mass is 32.2. The van der Waals surface area contributed by atoms with Crippen molar-refractivity contribution in [3.63, 3.8) is 0 Å². The van der Waals surface area contributed by atoms with Crippen molar-refractivity contribution in [3.05, 3.63) is 0 Å². The van der Waals surface area contributed by atoms with E-state index < -0.39 is 8.80 Å². The van der Waals surface area contributed by atoms with Crippen molar-refractivity contribution in [1.82, 2.24) is 0 Å². The molecule has 0 aliphatic heterocycles. The number of ether oxygens (including phenoxy) is 1. The Bertz CT molecular complexity index is 288. The predicted octanol–water partition coefficient (Wildman–Crippen LogP) is 4.28. The van der Waals surface area contributed by atoms with Crippen LogP contribution >= 0.6 is 11.8 Å². The molecule has 7 heteroatoms. The molecule has 24 heavy (non-hydrogen) atoms. The number of unbranched alkanes of at least 4 members (excludes halogenated alkanes) is 2. The first-order valence-corrected chi connectivity index (χ1v) is 12.4. The van der Waals surface area contributed by atoms with E-state index in [1.165, 1.54) is 0 Å². The molecule has 0 aliphatic rings. The van der Waals surface area contributed by atoms with Crippen LogP contribution in [0.2, 0.25) is 6.04 Å². The maximum absolute atomic E-state index is 11.5. The quantitative estimate of drug-likeness (QED) is 0.213. The molecule has 0 spiro atoms. The Hall–Kier alpha value is -0.0831. The smallest absolute Gasteiger partial charge is 0.465 e. The van der Waals surface area contributed by atoms with E-state index in [2.05, 4.69) is 6.92 Å². The van der Waals surface area contributed by atoms with Gasteiger partial charge in [0.1, 0.15) is 6.61 Å². The molecule has 0 radical (unpaired) electrons. The third-order valence-electron chi connectivity index (χ3n) is 3.34. The van der Waals surface area contributed by atoms with Crippen LogP contribution in [0.25, 0.3) is 0 Å². The van der Waals surface area contributed by atoms with Crippen molar-refractivity contribution in [2.24, 2.45) is 0 Å². The van der Waals surface area contributed by atoms with Gasteiger partial charge in [0.05, 0.1) is 0 Å². The van der Waals surface area contributed by atoms with Gasteiger partial charge in [-0.3, -0.25) is 4.79 Å². The molecule has 5 nitrogen and oxygen atoms in total.